The fourth-order valence-corrected chi connectivity index (χ4v) is 2.97. The van der Waals surface area contributed by atoms with Gasteiger partial charge in [-0.05, 0) is 37.9 Å². The minimum Gasteiger partial charge on any atom is -0.381 e. The van der Waals surface area contributed by atoms with Crippen molar-refractivity contribution in [2.45, 2.75) is 33.2 Å². The Morgan fingerprint density at radius 1 is 1.25 bits per heavy atom. The molecule has 4 heteroatoms. The van der Waals surface area contributed by atoms with Crippen molar-refractivity contribution in [3.05, 3.63) is 29.3 Å². The van der Waals surface area contributed by atoms with E-state index >= 15 is 0 Å². The Kier molecular flexibility index (Phi) is 5.95. The third kappa shape index (κ3) is 4.54. The van der Waals surface area contributed by atoms with Crippen molar-refractivity contribution in [2.24, 2.45) is 5.92 Å². The van der Waals surface area contributed by atoms with Crippen LogP contribution in [0.4, 0.5) is 0 Å². The Hall–Kier alpha value is -0.970. The molecular weight excluding hydrogens is 268 g/mol. The van der Waals surface area contributed by atoms with Gasteiger partial charge in [0.05, 0.1) is 16.3 Å². The summed E-state index contributed by atoms with van der Waals surface area (Å²) in [5, 5.41) is 4.68. The predicted molar refractivity (Wildman–Crippen MR) is 86.3 cm³/mol. The summed E-state index contributed by atoms with van der Waals surface area (Å²) in [6, 6.07) is 8.60. The molecule has 2 rings (SSSR count). The average molecular weight is 292 g/mol. The van der Waals surface area contributed by atoms with Crippen LogP contribution in [0.5, 0.6) is 0 Å². The smallest absolute Gasteiger partial charge is 0.111 e. The average Bonchev–Trinajstić information content (AvgIpc) is 2.86. The standard InChI is InChI=1S/C16H24N2OS/c1-12(2)11-19-10-6-9-17-13(3)16-18-14-7-4-5-8-15(14)20-16/h4-5,7-8,12-13,17H,6,9-11H2,1-3H3. The van der Waals surface area contributed by atoms with Gasteiger partial charge in [0, 0.05) is 13.2 Å². The SMILES string of the molecule is CC(C)COCCCNC(C)c1nc2ccccc2s1. The fourth-order valence-electron chi connectivity index (χ4n) is 1.97. The zero-order valence-electron chi connectivity index (χ0n) is 12.6. The van der Waals surface area contributed by atoms with Crippen LogP contribution in [-0.4, -0.2) is 24.7 Å². The summed E-state index contributed by atoms with van der Waals surface area (Å²) in [7, 11) is 0. The van der Waals surface area contributed by atoms with E-state index in [0.717, 1.165) is 36.7 Å². The summed E-state index contributed by atoms with van der Waals surface area (Å²) in [5.74, 6) is 0.615. The molecule has 1 unspecified atom stereocenters. The molecule has 0 saturated heterocycles. The lowest BCUT2D eigenvalue weighted by Gasteiger charge is -2.11. The molecule has 0 amide bonds. The number of rotatable bonds is 8. The number of nitrogens with zero attached hydrogens (tertiary/aromatic N) is 1. The van der Waals surface area contributed by atoms with Crippen molar-refractivity contribution in [3.8, 4) is 0 Å². The molecule has 1 heterocycles. The Bertz CT molecular complexity index is 491. The van der Waals surface area contributed by atoms with Crippen LogP contribution in [0.3, 0.4) is 0 Å². The zero-order chi connectivity index (χ0) is 14.4. The first-order valence-corrected chi connectivity index (χ1v) is 8.15. The molecule has 0 radical (unpaired) electrons. The third-order valence-electron chi connectivity index (χ3n) is 3.05. The minimum atomic E-state index is 0.303. The second-order valence-electron chi connectivity index (χ2n) is 5.52. The number of thiazole rings is 1. The second kappa shape index (κ2) is 7.72. The molecule has 0 spiro atoms. The van der Waals surface area contributed by atoms with E-state index in [-0.39, 0.29) is 0 Å². The van der Waals surface area contributed by atoms with Gasteiger partial charge in [-0.2, -0.15) is 0 Å². The highest BCUT2D eigenvalue weighted by molar-refractivity contribution is 7.18. The Morgan fingerprint density at radius 2 is 2.05 bits per heavy atom. The molecule has 1 aromatic heterocycles. The minimum absolute atomic E-state index is 0.303. The van der Waals surface area contributed by atoms with E-state index in [4.69, 9.17) is 4.74 Å². The van der Waals surface area contributed by atoms with Crippen LogP contribution in [0.15, 0.2) is 24.3 Å². The van der Waals surface area contributed by atoms with Crippen molar-refractivity contribution < 1.29 is 4.74 Å². The summed E-state index contributed by atoms with van der Waals surface area (Å²) in [6.07, 6.45) is 1.04. The molecule has 0 aliphatic carbocycles. The van der Waals surface area contributed by atoms with Crippen molar-refractivity contribution in [3.63, 3.8) is 0 Å². The maximum absolute atomic E-state index is 5.58. The quantitative estimate of drug-likeness (QED) is 0.746. The van der Waals surface area contributed by atoms with E-state index in [1.807, 2.05) is 6.07 Å². The lowest BCUT2D eigenvalue weighted by molar-refractivity contribution is 0.107. The van der Waals surface area contributed by atoms with Crippen molar-refractivity contribution in [2.75, 3.05) is 19.8 Å². The van der Waals surface area contributed by atoms with Crippen LogP contribution < -0.4 is 5.32 Å². The molecule has 1 atom stereocenters. The molecule has 0 aliphatic heterocycles. The van der Waals surface area contributed by atoms with Gasteiger partial charge in [-0.3, -0.25) is 0 Å². The number of para-hydroxylation sites is 1. The first kappa shape index (κ1) is 15.4. The molecular formula is C16H24N2OS. The summed E-state index contributed by atoms with van der Waals surface area (Å²) in [6.45, 7) is 9.17. The van der Waals surface area contributed by atoms with Gasteiger partial charge in [0.2, 0.25) is 0 Å². The maximum Gasteiger partial charge on any atom is 0.111 e. The van der Waals surface area contributed by atoms with Crippen LogP contribution >= 0.6 is 11.3 Å². The zero-order valence-corrected chi connectivity index (χ0v) is 13.4. The molecule has 2 aromatic rings. The summed E-state index contributed by atoms with van der Waals surface area (Å²) in [5.41, 5.74) is 1.10. The number of fused-ring (bicyclic) bond motifs is 1. The lowest BCUT2D eigenvalue weighted by Crippen LogP contribution is -2.21. The lowest BCUT2D eigenvalue weighted by atomic mass is 10.2. The second-order valence-corrected chi connectivity index (χ2v) is 6.58. The molecule has 1 N–H and O–H groups in total. The number of hydrogen-bond acceptors (Lipinski definition) is 4. The Labute approximate surface area is 125 Å². The van der Waals surface area contributed by atoms with E-state index in [1.54, 1.807) is 11.3 Å². The van der Waals surface area contributed by atoms with Gasteiger partial charge < -0.3 is 10.1 Å². The molecule has 20 heavy (non-hydrogen) atoms. The van der Waals surface area contributed by atoms with Crippen LogP contribution in [0.25, 0.3) is 10.2 Å². The summed E-state index contributed by atoms with van der Waals surface area (Å²) in [4.78, 5) is 4.68. The first-order chi connectivity index (χ1) is 9.66. The van der Waals surface area contributed by atoms with Crippen molar-refractivity contribution in [1.29, 1.82) is 0 Å². The number of nitrogens with one attached hydrogen (secondary N) is 1. The monoisotopic (exact) mass is 292 g/mol. The Morgan fingerprint density at radius 3 is 2.80 bits per heavy atom. The Balaban J connectivity index is 1.73. The van der Waals surface area contributed by atoms with Gasteiger partial charge in [-0.1, -0.05) is 26.0 Å². The van der Waals surface area contributed by atoms with Crippen molar-refractivity contribution >= 4 is 21.6 Å². The van der Waals surface area contributed by atoms with Crippen LogP contribution in [0.2, 0.25) is 0 Å². The van der Waals surface area contributed by atoms with Crippen LogP contribution in [0.1, 0.15) is 38.2 Å². The highest BCUT2D eigenvalue weighted by Gasteiger charge is 2.10. The molecule has 0 fully saturated rings. The van der Waals surface area contributed by atoms with Gasteiger partial charge in [0.15, 0.2) is 0 Å². The first-order valence-electron chi connectivity index (χ1n) is 7.33. The summed E-state index contributed by atoms with van der Waals surface area (Å²) >= 11 is 1.77. The van der Waals surface area contributed by atoms with E-state index in [9.17, 15) is 0 Å². The number of aromatic nitrogens is 1. The molecule has 0 bridgehead atoms. The molecule has 1 aromatic carbocycles. The van der Waals surface area contributed by atoms with E-state index < -0.39 is 0 Å². The van der Waals surface area contributed by atoms with Crippen LogP contribution in [-0.2, 0) is 4.74 Å². The highest BCUT2D eigenvalue weighted by atomic mass is 32.1. The number of ether oxygens (including phenoxy) is 1. The van der Waals surface area contributed by atoms with Gasteiger partial charge in [-0.25, -0.2) is 4.98 Å². The molecule has 0 saturated carbocycles. The largest absolute Gasteiger partial charge is 0.381 e. The molecule has 3 nitrogen and oxygen atoms in total. The van der Waals surface area contributed by atoms with Crippen LogP contribution in [0, 0.1) is 5.92 Å². The maximum atomic E-state index is 5.58. The molecule has 0 aliphatic rings. The fraction of sp³-hybridized carbons (Fsp3) is 0.562. The predicted octanol–water partition coefficient (Wildman–Crippen LogP) is 4.01. The highest BCUT2D eigenvalue weighted by Crippen LogP contribution is 2.25. The van der Waals surface area contributed by atoms with Gasteiger partial charge in [0.1, 0.15) is 5.01 Å². The van der Waals surface area contributed by atoms with E-state index in [2.05, 4.69) is 49.3 Å². The van der Waals surface area contributed by atoms with E-state index in [0.29, 0.717) is 12.0 Å². The van der Waals surface area contributed by atoms with Crippen molar-refractivity contribution in [1.82, 2.24) is 10.3 Å². The number of hydrogen-bond donors (Lipinski definition) is 1. The van der Waals surface area contributed by atoms with Gasteiger partial charge in [0.25, 0.3) is 0 Å². The normalized spacial score (nSPS) is 13.2. The molecule has 110 valence electrons. The van der Waals surface area contributed by atoms with E-state index in [1.165, 1.54) is 4.70 Å². The third-order valence-corrected chi connectivity index (χ3v) is 4.27. The van der Waals surface area contributed by atoms with Gasteiger partial charge >= 0.3 is 0 Å². The van der Waals surface area contributed by atoms with Gasteiger partial charge in [-0.15, -0.1) is 11.3 Å². The number of benzene rings is 1. The summed E-state index contributed by atoms with van der Waals surface area (Å²) < 4.78 is 6.84. The topological polar surface area (TPSA) is 34.1 Å².